The van der Waals surface area contributed by atoms with Gasteiger partial charge in [-0.15, -0.1) is 0 Å². The van der Waals surface area contributed by atoms with E-state index >= 15 is 0 Å². The molecule has 9 heteroatoms. The van der Waals surface area contributed by atoms with Crippen molar-refractivity contribution in [3.8, 4) is 0 Å². The second-order valence-corrected chi connectivity index (χ2v) is 5.94. The lowest BCUT2D eigenvalue weighted by Crippen LogP contribution is -2.37. The van der Waals surface area contributed by atoms with Crippen LogP contribution in [0.25, 0.3) is 0 Å². The van der Waals surface area contributed by atoms with Crippen molar-refractivity contribution in [2.45, 2.75) is 12.6 Å². The number of hydrogen-bond acceptors (Lipinski definition) is 2. The standard InChI is InChI=1S/C16H13Cl2F3N2O2/c17-8-3-12(18)11(13(20)4-8)6-22-16(25)23-7-15(24)10-2-1-9(19)5-14(10)21/h1-5,15,24H,6-7H2,(H2,22,23,25). The Labute approximate surface area is 151 Å². The van der Waals surface area contributed by atoms with E-state index in [0.29, 0.717) is 6.07 Å². The molecule has 0 spiro atoms. The van der Waals surface area contributed by atoms with E-state index in [1.165, 1.54) is 6.07 Å². The van der Waals surface area contributed by atoms with Crippen molar-refractivity contribution in [2.75, 3.05) is 6.54 Å². The van der Waals surface area contributed by atoms with Crippen LogP contribution in [0.1, 0.15) is 17.2 Å². The predicted molar refractivity (Wildman–Crippen MR) is 88.0 cm³/mol. The molecule has 2 amide bonds. The van der Waals surface area contributed by atoms with Gasteiger partial charge in [0.2, 0.25) is 0 Å². The minimum Gasteiger partial charge on any atom is -0.386 e. The van der Waals surface area contributed by atoms with Crippen LogP contribution in [0.2, 0.25) is 10.0 Å². The maximum absolute atomic E-state index is 13.7. The molecule has 0 heterocycles. The maximum atomic E-state index is 13.7. The molecule has 1 unspecified atom stereocenters. The summed E-state index contributed by atoms with van der Waals surface area (Å²) in [6, 6.07) is 4.37. The van der Waals surface area contributed by atoms with Gasteiger partial charge in [0, 0.05) is 40.3 Å². The molecule has 0 aliphatic carbocycles. The second-order valence-electron chi connectivity index (χ2n) is 5.09. The van der Waals surface area contributed by atoms with Crippen LogP contribution >= 0.6 is 23.2 Å². The highest BCUT2D eigenvalue weighted by molar-refractivity contribution is 6.35. The van der Waals surface area contributed by atoms with Crippen LogP contribution in [0.3, 0.4) is 0 Å². The van der Waals surface area contributed by atoms with Gasteiger partial charge in [-0.2, -0.15) is 0 Å². The molecular formula is C16H13Cl2F3N2O2. The number of carbonyl (C=O) groups excluding carboxylic acids is 1. The molecule has 0 aliphatic heterocycles. The summed E-state index contributed by atoms with van der Waals surface area (Å²) in [7, 11) is 0. The Morgan fingerprint density at radius 3 is 2.44 bits per heavy atom. The molecule has 4 nitrogen and oxygen atoms in total. The quantitative estimate of drug-likeness (QED) is 0.721. The first-order valence-electron chi connectivity index (χ1n) is 7.06. The van der Waals surface area contributed by atoms with E-state index in [0.717, 1.165) is 18.2 Å². The summed E-state index contributed by atoms with van der Waals surface area (Å²) < 4.78 is 40.1. The van der Waals surface area contributed by atoms with Crippen LogP contribution in [0.5, 0.6) is 0 Å². The fourth-order valence-corrected chi connectivity index (χ4v) is 2.58. The highest BCUT2D eigenvalue weighted by atomic mass is 35.5. The summed E-state index contributed by atoms with van der Waals surface area (Å²) in [4.78, 5) is 11.7. The molecule has 3 N–H and O–H groups in total. The monoisotopic (exact) mass is 392 g/mol. The number of amides is 2. The number of hydrogen-bond donors (Lipinski definition) is 3. The van der Waals surface area contributed by atoms with Crippen molar-refractivity contribution in [1.82, 2.24) is 10.6 Å². The molecule has 2 aromatic carbocycles. The van der Waals surface area contributed by atoms with Crippen molar-refractivity contribution in [3.05, 3.63) is 69.0 Å². The van der Waals surface area contributed by atoms with Gasteiger partial charge in [-0.3, -0.25) is 0 Å². The SMILES string of the molecule is O=C(NCc1c(F)cc(Cl)cc1Cl)NCC(O)c1ccc(F)cc1F. The lowest BCUT2D eigenvalue weighted by molar-refractivity contribution is 0.168. The predicted octanol–water partition coefficient (Wildman–Crippen LogP) is 3.94. The average molecular weight is 393 g/mol. The minimum absolute atomic E-state index is 0.0475. The van der Waals surface area contributed by atoms with E-state index in [9.17, 15) is 23.1 Å². The van der Waals surface area contributed by atoms with Crippen LogP contribution in [0.15, 0.2) is 30.3 Å². The summed E-state index contributed by atoms with van der Waals surface area (Å²) in [5.41, 5.74) is -0.111. The Bertz CT molecular complexity index is 767. The zero-order chi connectivity index (χ0) is 18.6. The summed E-state index contributed by atoms with van der Waals surface area (Å²) in [5, 5.41) is 14.7. The Morgan fingerprint density at radius 1 is 1.08 bits per heavy atom. The number of carbonyl (C=O) groups is 1. The minimum atomic E-state index is -1.37. The van der Waals surface area contributed by atoms with Gasteiger partial charge in [0.05, 0.1) is 6.10 Å². The van der Waals surface area contributed by atoms with E-state index in [4.69, 9.17) is 23.2 Å². The molecule has 134 valence electrons. The van der Waals surface area contributed by atoms with Crippen LogP contribution in [0, 0.1) is 17.5 Å². The fourth-order valence-electron chi connectivity index (χ4n) is 2.04. The van der Waals surface area contributed by atoms with Gasteiger partial charge in [0.25, 0.3) is 0 Å². The van der Waals surface area contributed by atoms with Gasteiger partial charge in [0.15, 0.2) is 0 Å². The van der Waals surface area contributed by atoms with Gasteiger partial charge in [-0.05, 0) is 18.2 Å². The molecule has 2 aromatic rings. The summed E-state index contributed by atoms with van der Waals surface area (Å²) >= 11 is 11.5. The third-order valence-corrected chi connectivity index (χ3v) is 3.86. The molecular weight excluding hydrogens is 380 g/mol. The lowest BCUT2D eigenvalue weighted by atomic mass is 10.1. The smallest absolute Gasteiger partial charge is 0.315 e. The summed E-state index contributed by atoms with van der Waals surface area (Å²) in [5.74, 6) is -2.38. The van der Waals surface area contributed by atoms with Crippen LogP contribution in [-0.4, -0.2) is 17.7 Å². The molecule has 25 heavy (non-hydrogen) atoms. The molecule has 2 rings (SSSR count). The molecule has 0 aromatic heterocycles. The first-order valence-corrected chi connectivity index (χ1v) is 7.81. The Morgan fingerprint density at radius 2 is 1.80 bits per heavy atom. The van der Waals surface area contributed by atoms with E-state index in [1.54, 1.807) is 0 Å². The van der Waals surface area contributed by atoms with Gasteiger partial charge in [-0.1, -0.05) is 29.3 Å². The fraction of sp³-hybridized carbons (Fsp3) is 0.188. The largest absolute Gasteiger partial charge is 0.386 e. The van der Waals surface area contributed by atoms with E-state index in [2.05, 4.69) is 10.6 Å². The zero-order valence-corrected chi connectivity index (χ0v) is 14.1. The average Bonchev–Trinajstić information content (AvgIpc) is 2.51. The number of nitrogens with one attached hydrogen (secondary N) is 2. The molecule has 0 saturated carbocycles. The molecule has 0 radical (unpaired) electrons. The van der Waals surface area contributed by atoms with Crippen molar-refractivity contribution in [1.29, 1.82) is 0 Å². The number of urea groups is 1. The zero-order valence-electron chi connectivity index (χ0n) is 12.6. The topological polar surface area (TPSA) is 61.4 Å². The van der Waals surface area contributed by atoms with Gasteiger partial charge < -0.3 is 15.7 Å². The van der Waals surface area contributed by atoms with Crippen LogP contribution in [-0.2, 0) is 6.54 Å². The van der Waals surface area contributed by atoms with E-state index in [-0.39, 0.29) is 34.3 Å². The highest BCUT2D eigenvalue weighted by Gasteiger charge is 2.15. The Hall–Kier alpha value is -1.96. The third kappa shape index (κ3) is 5.26. The summed E-state index contributed by atoms with van der Waals surface area (Å²) in [6.07, 6.45) is -1.37. The van der Waals surface area contributed by atoms with Crippen molar-refractivity contribution in [2.24, 2.45) is 0 Å². The van der Waals surface area contributed by atoms with Crippen LogP contribution < -0.4 is 10.6 Å². The number of aliphatic hydroxyl groups is 1. The Balaban J connectivity index is 1.89. The highest BCUT2D eigenvalue weighted by Crippen LogP contribution is 2.24. The number of halogens is 5. The van der Waals surface area contributed by atoms with Crippen LogP contribution in [0.4, 0.5) is 18.0 Å². The lowest BCUT2D eigenvalue weighted by Gasteiger charge is -2.14. The number of benzene rings is 2. The second kappa shape index (κ2) is 8.42. The van der Waals surface area contributed by atoms with E-state index in [1.807, 2.05) is 0 Å². The first-order chi connectivity index (χ1) is 11.8. The molecule has 0 fully saturated rings. The van der Waals surface area contributed by atoms with Crippen molar-refractivity contribution < 1.29 is 23.1 Å². The van der Waals surface area contributed by atoms with Crippen molar-refractivity contribution in [3.63, 3.8) is 0 Å². The number of aliphatic hydroxyl groups excluding tert-OH is 1. The van der Waals surface area contributed by atoms with Gasteiger partial charge in [-0.25, -0.2) is 18.0 Å². The third-order valence-electron chi connectivity index (χ3n) is 3.31. The summed E-state index contributed by atoms with van der Waals surface area (Å²) in [6.45, 7) is -0.542. The Kier molecular flexibility index (Phi) is 6.52. The van der Waals surface area contributed by atoms with Crippen molar-refractivity contribution >= 4 is 29.2 Å². The number of rotatable bonds is 5. The van der Waals surface area contributed by atoms with E-state index < -0.39 is 29.6 Å². The first kappa shape index (κ1) is 19.4. The molecule has 0 bridgehead atoms. The van der Waals surface area contributed by atoms with Gasteiger partial charge in [0.1, 0.15) is 17.5 Å². The molecule has 0 aliphatic rings. The maximum Gasteiger partial charge on any atom is 0.315 e. The normalized spacial score (nSPS) is 11.9. The van der Waals surface area contributed by atoms with Gasteiger partial charge >= 0.3 is 6.03 Å². The molecule has 1 atom stereocenters. The molecule has 0 saturated heterocycles.